The number of hydrogen-bond donors (Lipinski definition) is 3. The van der Waals surface area contributed by atoms with Crippen LogP contribution < -0.4 is 5.32 Å². The smallest absolute Gasteiger partial charge is 0.321 e. The predicted molar refractivity (Wildman–Crippen MR) is 211 cm³/mol. The van der Waals surface area contributed by atoms with Gasteiger partial charge in [0.1, 0.15) is 11.9 Å². The van der Waals surface area contributed by atoms with E-state index in [-0.39, 0.29) is 42.3 Å². The number of imidazole rings is 1. The summed E-state index contributed by atoms with van der Waals surface area (Å²) in [7, 11) is -2.13. The fourth-order valence-corrected chi connectivity index (χ4v) is 9.43. The number of rotatable bonds is 17. The molecule has 6 rings (SSSR count). The number of aryl methyl sites for hydroxylation is 1. The number of oxime groups is 1. The Labute approximate surface area is 323 Å². The lowest BCUT2D eigenvalue weighted by Crippen LogP contribution is -2.57. The van der Waals surface area contributed by atoms with E-state index in [1.807, 2.05) is 80.1 Å². The SMILES string of the molecule is CC[C@H](C)[C@@H](C(=O)N[C@@H](Cc1ccccc1)[C@H](O)CN(CC1CCCC1)S(=O)(=O)c1ccc(/C=N/O)cc1)N1CCN(Cc2nc3ccccc3n2C)C1=O. The maximum Gasteiger partial charge on any atom is 0.321 e. The lowest BCUT2D eigenvalue weighted by atomic mass is 9.95. The Bertz CT molecular complexity index is 2050. The van der Waals surface area contributed by atoms with Gasteiger partial charge in [-0.1, -0.05) is 92.9 Å². The van der Waals surface area contributed by atoms with Crippen LogP contribution in [0.15, 0.2) is 88.9 Å². The van der Waals surface area contributed by atoms with Gasteiger partial charge in [-0.3, -0.25) is 4.79 Å². The first-order valence-corrected chi connectivity index (χ1v) is 20.7. The van der Waals surface area contributed by atoms with Crippen molar-refractivity contribution >= 4 is 39.2 Å². The number of carbonyl (C=O) groups is 2. The maximum absolute atomic E-state index is 14.5. The Hall–Kier alpha value is -4.79. The van der Waals surface area contributed by atoms with Gasteiger partial charge in [-0.15, -0.1) is 0 Å². The lowest BCUT2D eigenvalue weighted by molar-refractivity contribution is -0.128. The van der Waals surface area contributed by atoms with Crippen LogP contribution in [0.2, 0.25) is 0 Å². The van der Waals surface area contributed by atoms with E-state index in [0.29, 0.717) is 31.6 Å². The molecule has 1 aliphatic heterocycles. The Morgan fingerprint density at radius 2 is 1.73 bits per heavy atom. The first kappa shape index (κ1) is 39.9. The molecule has 3 amide bonds. The van der Waals surface area contributed by atoms with Crippen molar-refractivity contribution in [2.45, 2.75) is 82.0 Å². The molecule has 13 nitrogen and oxygen atoms in total. The van der Waals surface area contributed by atoms with Crippen LogP contribution in [0.1, 0.15) is 62.9 Å². The van der Waals surface area contributed by atoms with Crippen molar-refractivity contribution in [1.29, 1.82) is 0 Å². The molecule has 4 aromatic rings. The molecular formula is C41H53N7O6S. The standard InChI is InChI=1S/C41H53N7O6S/c1-4-29(2)39(48-23-22-46(41(48)51)28-38-43-34-16-10-11-17-36(34)45(38)3)40(50)44-35(24-30-12-6-5-7-13-30)37(49)27-47(26-32-14-8-9-15-32)55(53,54)33-20-18-31(19-21-33)25-42-52/h5-7,10-13,16-21,25,29,32,35,37,39,49,52H,4,8-9,14-15,22-24,26-28H2,1-3H3,(H,44,50)/b42-25+/t29-,35-,37+,39-/m0/s1. The molecule has 0 radical (unpaired) electrons. The molecule has 1 aromatic heterocycles. The lowest BCUT2D eigenvalue weighted by Gasteiger charge is -2.35. The summed E-state index contributed by atoms with van der Waals surface area (Å²) in [6, 6.07) is 21.4. The van der Waals surface area contributed by atoms with E-state index < -0.39 is 34.1 Å². The number of nitrogens with one attached hydrogen (secondary N) is 1. The number of nitrogens with zero attached hydrogens (tertiary/aromatic N) is 6. The Morgan fingerprint density at radius 3 is 2.40 bits per heavy atom. The highest BCUT2D eigenvalue weighted by molar-refractivity contribution is 7.89. The van der Waals surface area contributed by atoms with Crippen molar-refractivity contribution < 1.29 is 28.3 Å². The number of fused-ring (bicyclic) bond motifs is 1. The summed E-state index contributed by atoms with van der Waals surface area (Å²) in [5, 5.41) is 27.1. The topological polar surface area (TPSA) is 161 Å². The van der Waals surface area contributed by atoms with Gasteiger partial charge in [0, 0.05) is 33.2 Å². The minimum absolute atomic E-state index is 0.0593. The molecule has 0 spiro atoms. The maximum atomic E-state index is 14.5. The summed E-state index contributed by atoms with van der Waals surface area (Å²) in [6.07, 6.45) is 4.65. The van der Waals surface area contributed by atoms with E-state index in [2.05, 4.69) is 10.5 Å². The minimum Gasteiger partial charge on any atom is -0.411 e. The second-order valence-electron chi connectivity index (χ2n) is 15.0. The van der Waals surface area contributed by atoms with Crippen molar-refractivity contribution in [1.82, 2.24) is 29.0 Å². The summed E-state index contributed by atoms with van der Waals surface area (Å²) in [5.41, 5.74) is 3.23. The molecule has 3 aromatic carbocycles. The number of benzene rings is 3. The Morgan fingerprint density at radius 1 is 1.04 bits per heavy atom. The van der Waals surface area contributed by atoms with Crippen molar-refractivity contribution in [2.24, 2.45) is 24.0 Å². The van der Waals surface area contributed by atoms with Crippen LogP contribution in [-0.2, 0) is 34.8 Å². The zero-order valence-electron chi connectivity index (χ0n) is 31.9. The van der Waals surface area contributed by atoms with Gasteiger partial charge in [0.2, 0.25) is 15.9 Å². The number of urea groups is 1. The quantitative estimate of drug-likeness (QED) is 0.0774. The molecule has 2 fully saturated rings. The monoisotopic (exact) mass is 771 g/mol. The fraction of sp³-hybridized carbons (Fsp3) is 0.463. The van der Waals surface area contributed by atoms with Crippen LogP contribution >= 0.6 is 0 Å². The van der Waals surface area contributed by atoms with Gasteiger partial charge in [-0.25, -0.2) is 18.2 Å². The average molecular weight is 772 g/mol. The largest absolute Gasteiger partial charge is 0.411 e. The number of aliphatic hydroxyl groups is 1. The van der Waals surface area contributed by atoms with E-state index in [1.54, 1.807) is 21.9 Å². The number of para-hydroxylation sites is 2. The van der Waals surface area contributed by atoms with Crippen LogP contribution in [-0.4, -0.2) is 105 Å². The van der Waals surface area contributed by atoms with Crippen LogP contribution in [0.3, 0.4) is 0 Å². The Balaban J connectivity index is 1.24. The van der Waals surface area contributed by atoms with Crippen LogP contribution in [0.5, 0.6) is 0 Å². The van der Waals surface area contributed by atoms with Crippen LogP contribution in [0.25, 0.3) is 11.0 Å². The van der Waals surface area contributed by atoms with Gasteiger partial charge in [0.15, 0.2) is 0 Å². The van der Waals surface area contributed by atoms with Crippen molar-refractivity contribution in [3.8, 4) is 0 Å². The highest BCUT2D eigenvalue weighted by Gasteiger charge is 2.41. The first-order chi connectivity index (χ1) is 26.5. The number of aliphatic hydroxyl groups excluding tert-OH is 1. The molecule has 1 aliphatic carbocycles. The van der Waals surface area contributed by atoms with Gasteiger partial charge in [0.05, 0.1) is 40.8 Å². The second-order valence-corrected chi connectivity index (χ2v) is 16.9. The molecule has 1 saturated carbocycles. The van der Waals surface area contributed by atoms with Crippen LogP contribution in [0, 0.1) is 11.8 Å². The second kappa shape index (κ2) is 17.8. The minimum atomic E-state index is -4.06. The van der Waals surface area contributed by atoms with Gasteiger partial charge in [-0.05, 0) is 66.5 Å². The summed E-state index contributed by atoms with van der Waals surface area (Å²) in [4.78, 5) is 36.6. The molecule has 0 unspecified atom stereocenters. The predicted octanol–water partition coefficient (Wildman–Crippen LogP) is 5.00. The van der Waals surface area contributed by atoms with E-state index in [4.69, 9.17) is 10.2 Å². The summed E-state index contributed by atoms with van der Waals surface area (Å²) < 4.78 is 31.7. The van der Waals surface area contributed by atoms with Gasteiger partial charge < -0.3 is 30.0 Å². The summed E-state index contributed by atoms with van der Waals surface area (Å²) >= 11 is 0. The number of carbonyl (C=O) groups excluding carboxylic acids is 2. The first-order valence-electron chi connectivity index (χ1n) is 19.3. The fourth-order valence-electron chi connectivity index (χ4n) is 7.89. The molecule has 4 atom stereocenters. The molecule has 14 heteroatoms. The van der Waals surface area contributed by atoms with Crippen molar-refractivity contribution in [2.75, 3.05) is 26.2 Å². The molecule has 2 heterocycles. The Kier molecular flexibility index (Phi) is 12.9. The molecule has 0 bridgehead atoms. The highest BCUT2D eigenvalue weighted by Crippen LogP contribution is 2.29. The normalized spacial score (nSPS) is 17.7. The molecule has 294 valence electrons. The van der Waals surface area contributed by atoms with E-state index in [1.165, 1.54) is 22.7 Å². The van der Waals surface area contributed by atoms with Crippen molar-refractivity contribution in [3.05, 3.63) is 95.8 Å². The molecule has 2 aliphatic rings. The number of amides is 3. The summed E-state index contributed by atoms with van der Waals surface area (Å²) in [5.74, 6) is 0.304. The van der Waals surface area contributed by atoms with Gasteiger partial charge in [-0.2, -0.15) is 4.31 Å². The molecule has 3 N–H and O–H groups in total. The number of aromatic nitrogens is 2. The molecule has 1 saturated heterocycles. The van der Waals surface area contributed by atoms with Crippen LogP contribution in [0.4, 0.5) is 4.79 Å². The van der Waals surface area contributed by atoms with Gasteiger partial charge >= 0.3 is 6.03 Å². The van der Waals surface area contributed by atoms with E-state index in [9.17, 15) is 23.1 Å². The zero-order valence-corrected chi connectivity index (χ0v) is 32.7. The van der Waals surface area contributed by atoms with Gasteiger partial charge in [0.25, 0.3) is 0 Å². The molecular weight excluding hydrogens is 719 g/mol. The zero-order chi connectivity index (χ0) is 39.1. The highest BCUT2D eigenvalue weighted by atomic mass is 32.2. The number of hydrogen-bond acceptors (Lipinski definition) is 8. The third-order valence-corrected chi connectivity index (χ3v) is 13.1. The van der Waals surface area contributed by atoms with E-state index in [0.717, 1.165) is 48.1 Å². The third-order valence-electron chi connectivity index (χ3n) is 11.3. The van der Waals surface area contributed by atoms with E-state index >= 15 is 0 Å². The summed E-state index contributed by atoms with van der Waals surface area (Å²) in [6.45, 7) is 5.01. The third kappa shape index (κ3) is 9.20. The van der Waals surface area contributed by atoms with Crippen molar-refractivity contribution in [3.63, 3.8) is 0 Å². The number of sulfonamides is 1. The average Bonchev–Trinajstić information content (AvgIpc) is 3.91. The molecule has 55 heavy (non-hydrogen) atoms.